The number of hydrogen-bond acceptors (Lipinski definition) is 5. The molecular formula is C16H21N5. The van der Waals surface area contributed by atoms with E-state index in [2.05, 4.69) is 44.9 Å². The fourth-order valence-electron chi connectivity index (χ4n) is 2.63. The van der Waals surface area contributed by atoms with Crippen LogP contribution in [0.15, 0.2) is 36.7 Å². The summed E-state index contributed by atoms with van der Waals surface area (Å²) in [6, 6.07) is 10.2. The molecule has 5 heteroatoms. The lowest BCUT2D eigenvalue weighted by Crippen LogP contribution is -2.46. The Labute approximate surface area is 125 Å². The summed E-state index contributed by atoms with van der Waals surface area (Å²) in [5, 5.41) is 0. The van der Waals surface area contributed by atoms with Crippen LogP contribution >= 0.6 is 0 Å². The third kappa shape index (κ3) is 3.07. The summed E-state index contributed by atoms with van der Waals surface area (Å²) >= 11 is 0. The van der Waals surface area contributed by atoms with Crippen molar-refractivity contribution < 1.29 is 0 Å². The Bertz CT molecular complexity index is 588. The van der Waals surface area contributed by atoms with Crippen LogP contribution in [0.3, 0.4) is 0 Å². The molecule has 1 aromatic heterocycles. The first kappa shape index (κ1) is 13.7. The topological polar surface area (TPSA) is 58.3 Å². The predicted octanol–water partition coefficient (Wildman–Crippen LogP) is 1.95. The van der Waals surface area contributed by atoms with Gasteiger partial charge in [-0.1, -0.05) is 6.92 Å². The minimum absolute atomic E-state index is 0.811. The summed E-state index contributed by atoms with van der Waals surface area (Å²) < 4.78 is 0. The van der Waals surface area contributed by atoms with Gasteiger partial charge in [0.2, 0.25) is 0 Å². The number of anilines is 3. The van der Waals surface area contributed by atoms with Crippen molar-refractivity contribution in [1.29, 1.82) is 0 Å². The van der Waals surface area contributed by atoms with Crippen molar-refractivity contribution in [3.05, 3.63) is 42.4 Å². The van der Waals surface area contributed by atoms with Crippen LogP contribution in [0, 0.1) is 0 Å². The van der Waals surface area contributed by atoms with E-state index in [0.29, 0.717) is 0 Å². The molecule has 110 valence electrons. The first-order valence-electron chi connectivity index (χ1n) is 7.42. The molecule has 3 rings (SSSR count). The number of piperazine rings is 1. The monoisotopic (exact) mass is 283 g/mol. The summed E-state index contributed by atoms with van der Waals surface area (Å²) in [6.45, 7) is 6.06. The van der Waals surface area contributed by atoms with Gasteiger partial charge in [-0.05, 0) is 30.7 Å². The minimum atomic E-state index is 0.811. The Morgan fingerprint density at radius 2 is 1.67 bits per heavy atom. The molecule has 1 aliphatic heterocycles. The predicted molar refractivity (Wildman–Crippen MR) is 86.7 cm³/mol. The molecule has 0 atom stereocenters. The minimum Gasteiger partial charge on any atom is -0.399 e. The Hall–Kier alpha value is -2.30. The van der Waals surface area contributed by atoms with E-state index in [4.69, 9.17) is 5.73 Å². The summed E-state index contributed by atoms with van der Waals surface area (Å²) in [7, 11) is 0. The highest BCUT2D eigenvalue weighted by molar-refractivity contribution is 5.54. The summed E-state index contributed by atoms with van der Waals surface area (Å²) in [4.78, 5) is 13.4. The molecule has 2 heterocycles. The van der Waals surface area contributed by atoms with Crippen LogP contribution in [0.25, 0.3) is 0 Å². The number of hydrogen-bond donors (Lipinski definition) is 1. The van der Waals surface area contributed by atoms with Gasteiger partial charge in [0, 0.05) is 49.3 Å². The van der Waals surface area contributed by atoms with E-state index in [-0.39, 0.29) is 0 Å². The normalized spacial score (nSPS) is 15.3. The summed E-state index contributed by atoms with van der Waals surface area (Å²) in [6.07, 6.45) is 2.61. The SMILES string of the molecule is CCc1cc(N2CCN(c3ccc(N)cc3)CC2)ncn1. The number of nitrogens with two attached hydrogens (primary N) is 1. The molecule has 1 saturated heterocycles. The second-order valence-electron chi connectivity index (χ2n) is 5.29. The Morgan fingerprint density at radius 3 is 2.33 bits per heavy atom. The standard InChI is InChI=1S/C16H21N5/c1-2-14-11-16(19-12-18-14)21-9-7-20(8-10-21)15-5-3-13(17)4-6-15/h3-6,11-12H,2,7-10,17H2,1H3. The molecule has 0 unspecified atom stereocenters. The molecule has 1 aromatic carbocycles. The van der Waals surface area contributed by atoms with Gasteiger partial charge in [-0.3, -0.25) is 0 Å². The zero-order valence-electron chi connectivity index (χ0n) is 12.4. The van der Waals surface area contributed by atoms with E-state index in [1.807, 2.05) is 12.1 Å². The molecule has 0 radical (unpaired) electrons. The molecule has 0 amide bonds. The number of aromatic nitrogens is 2. The van der Waals surface area contributed by atoms with E-state index < -0.39 is 0 Å². The van der Waals surface area contributed by atoms with Crippen molar-refractivity contribution in [2.75, 3.05) is 41.7 Å². The number of nitrogens with zero attached hydrogens (tertiary/aromatic N) is 4. The highest BCUT2D eigenvalue weighted by Gasteiger charge is 2.18. The van der Waals surface area contributed by atoms with Crippen molar-refractivity contribution in [3.8, 4) is 0 Å². The van der Waals surface area contributed by atoms with E-state index in [0.717, 1.165) is 49.8 Å². The molecule has 2 N–H and O–H groups in total. The molecule has 0 spiro atoms. The second kappa shape index (κ2) is 5.99. The van der Waals surface area contributed by atoms with Crippen LogP contribution < -0.4 is 15.5 Å². The molecule has 21 heavy (non-hydrogen) atoms. The van der Waals surface area contributed by atoms with E-state index in [1.165, 1.54) is 5.69 Å². The number of rotatable bonds is 3. The lowest BCUT2D eigenvalue weighted by atomic mass is 10.2. The van der Waals surface area contributed by atoms with Crippen molar-refractivity contribution in [1.82, 2.24) is 9.97 Å². The number of aryl methyl sites for hydroxylation is 1. The molecule has 1 fully saturated rings. The van der Waals surface area contributed by atoms with Gasteiger partial charge in [-0.25, -0.2) is 9.97 Å². The molecule has 0 bridgehead atoms. The van der Waals surface area contributed by atoms with E-state index in [1.54, 1.807) is 6.33 Å². The molecular weight excluding hydrogens is 262 g/mol. The van der Waals surface area contributed by atoms with Gasteiger partial charge in [-0.2, -0.15) is 0 Å². The molecule has 2 aromatic rings. The highest BCUT2D eigenvalue weighted by Crippen LogP contribution is 2.20. The van der Waals surface area contributed by atoms with Gasteiger partial charge in [0.25, 0.3) is 0 Å². The van der Waals surface area contributed by atoms with E-state index in [9.17, 15) is 0 Å². The summed E-state index contributed by atoms with van der Waals surface area (Å²) in [5.41, 5.74) is 8.89. The largest absolute Gasteiger partial charge is 0.399 e. The van der Waals surface area contributed by atoms with Gasteiger partial charge in [0.05, 0.1) is 0 Å². The quantitative estimate of drug-likeness (QED) is 0.873. The van der Waals surface area contributed by atoms with Gasteiger partial charge < -0.3 is 15.5 Å². The van der Waals surface area contributed by atoms with Crippen LogP contribution in [0.2, 0.25) is 0 Å². The molecule has 0 saturated carbocycles. The third-order valence-electron chi connectivity index (χ3n) is 3.93. The van der Waals surface area contributed by atoms with Gasteiger partial charge in [0.15, 0.2) is 0 Å². The fourth-order valence-corrected chi connectivity index (χ4v) is 2.63. The average molecular weight is 283 g/mol. The Balaban J connectivity index is 1.65. The van der Waals surface area contributed by atoms with Crippen LogP contribution in [0.5, 0.6) is 0 Å². The smallest absolute Gasteiger partial charge is 0.132 e. The van der Waals surface area contributed by atoms with E-state index >= 15 is 0 Å². The maximum Gasteiger partial charge on any atom is 0.132 e. The average Bonchev–Trinajstić information content (AvgIpc) is 2.56. The summed E-state index contributed by atoms with van der Waals surface area (Å²) in [5.74, 6) is 1.04. The zero-order valence-corrected chi connectivity index (χ0v) is 12.4. The molecule has 5 nitrogen and oxygen atoms in total. The van der Waals surface area contributed by atoms with Crippen molar-refractivity contribution in [3.63, 3.8) is 0 Å². The molecule has 1 aliphatic rings. The third-order valence-corrected chi connectivity index (χ3v) is 3.93. The maximum absolute atomic E-state index is 5.74. The maximum atomic E-state index is 5.74. The second-order valence-corrected chi connectivity index (χ2v) is 5.29. The fraction of sp³-hybridized carbons (Fsp3) is 0.375. The first-order chi connectivity index (χ1) is 10.3. The first-order valence-corrected chi connectivity index (χ1v) is 7.42. The van der Waals surface area contributed by atoms with Crippen molar-refractivity contribution in [2.45, 2.75) is 13.3 Å². The van der Waals surface area contributed by atoms with Crippen LogP contribution in [0.4, 0.5) is 17.2 Å². The van der Waals surface area contributed by atoms with Crippen LogP contribution in [-0.2, 0) is 6.42 Å². The van der Waals surface area contributed by atoms with Crippen molar-refractivity contribution in [2.24, 2.45) is 0 Å². The van der Waals surface area contributed by atoms with Crippen LogP contribution in [-0.4, -0.2) is 36.1 Å². The molecule has 0 aliphatic carbocycles. The lowest BCUT2D eigenvalue weighted by Gasteiger charge is -2.36. The van der Waals surface area contributed by atoms with Crippen LogP contribution in [0.1, 0.15) is 12.6 Å². The lowest BCUT2D eigenvalue weighted by molar-refractivity contribution is 0.646. The highest BCUT2D eigenvalue weighted by atomic mass is 15.3. The number of nitrogen functional groups attached to an aromatic ring is 1. The Kier molecular flexibility index (Phi) is 3.90. The van der Waals surface area contributed by atoms with Gasteiger partial charge >= 0.3 is 0 Å². The zero-order chi connectivity index (χ0) is 14.7. The number of benzene rings is 1. The van der Waals surface area contributed by atoms with Crippen molar-refractivity contribution >= 4 is 17.2 Å². The Morgan fingerprint density at radius 1 is 1.00 bits per heavy atom. The van der Waals surface area contributed by atoms with Gasteiger partial charge in [0.1, 0.15) is 12.1 Å². The van der Waals surface area contributed by atoms with Gasteiger partial charge in [-0.15, -0.1) is 0 Å².